The first-order valence-electron chi connectivity index (χ1n) is 6.73. The molecule has 0 heterocycles. The van der Waals surface area contributed by atoms with Gasteiger partial charge in [-0.15, -0.1) is 0 Å². The summed E-state index contributed by atoms with van der Waals surface area (Å²) >= 11 is 5.51. The molecule has 2 rings (SSSR count). The van der Waals surface area contributed by atoms with E-state index in [0.717, 1.165) is 8.04 Å². The minimum Gasteiger partial charge on any atom is -0.484 e. The van der Waals surface area contributed by atoms with Gasteiger partial charge in [-0.1, -0.05) is 15.9 Å². The third-order valence-electron chi connectivity index (χ3n) is 2.76. The summed E-state index contributed by atoms with van der Waals surface area (Å²) in [6.45, 7) is -0.239. The lowest BCUT2D eigenvalue weighted by molar-refractivity contribution is -0.125. The van der Waals surface area contributed by atoms with Crippen molar-refractivity contribution in [1.29, 1.82) is 0 Å². The van der Waals surface area contributed by atoms with Crippen molar-refractivity contribution in [3.63, 3.8) is 0 Å². The average molecular weight is 489 g/mol. The SMILES string of the molecule is O=C(COc1ccc(I)cc1)NCC(=O)Nc1ccc(Br)cc1. The Morgan fingerprint density at radius 1 is 1.00 bits per heavy atom. The molecule has 2 aromatic rings. The topological polar surface area (TPSA) is 67.4 Å². The van der Waals surface area contributed by atoms with Gasteiger partial charge in [0.25, 0.3) is 5.91 Å². The fraction of sp³-hybridized carbons (Fsp3) is 0.125. The van der Waals surface area contributed by atoms with Crippen LogP contribution in [-0.2, 0) is 9.59 Å². The maximum atomic E-state index is 11.7. The van der Waals surface area contributed by atoms with Crippen LogP contribution in [-0.4, -0.2) is 25.0 Å². The maximum Gasteiger partial charge on any atom is 0.258 e. The lowest BCUT2D eigenvalue weighted by atomic mass is 10.3. The summed E-state index contributed by atoms with van der Waals surface area (Å²) in [6, 6.07) is 14.5. The first kappa shape index (κ1) is 17.7. The van der Waals surface area contributed by atoms with Crippen molar-refractivity contribution in [3.05, 3.63) is 56.6 Å². The quantitative estimate of drug-likeness (QED) is 0.613. The van der Waals surface area contributed by atoms with Crippen molar-refractivity contribution in [2.24, 2.45) is 0 Å². The van der Waals surface area contributed by atoms with Gasteiger partial charge in [0.15, 0.2) is 6.61 Å². The minimum absolute atomic E-state index is 0.106. The Morgan fingerprint density at radius 2 is 1.65 bits per heavy atom. The van der Waals surface area contributed by atoms with Crippen LogP contribution < -0.4 is 15.4 Å². The highest BCUT2D eigenvalue weighted by atomic mass is 127. The molecule has 0 spiro atoms. The second-order valence-electron chi connectivity index (χ2n) is 4.57. The molecule has 5 nitrogen and oxygen atoms in total. The van der Waals surface area contributed by atoms with Crippen LogP contribution in [0, 0.1) is 3.57 Å². The zero-order chi connectivity index (χ0) is 16.7. The van der Waals surface area contributed by atoms with E-state index in [9.17, 15) is 9.59 Å². The molecule has 0 bridgehead atoms. The number of carbonyl (C=O) groups is 2. The third-order valence-corrected chi connectivity index (χ3v) is 4.01. The Morgan fingerprint density at radius 3 is 2.30 bits per heavy atom. The van der Waals surface area contributed by atoms with Crippen LogP contribution in [0.15, 0.2) is 53.0 Å². The van der Waals surface area contributed by atoms with Crippen LogP contribution in [0.1, 0.15) is 0 Å². The van der Waals surface area contributed by atoms with E-state index >= 15 is 0 Å². The molecular weight excluding hydrogens is 475 g/mol. The molecule has 2 N–H and O–H groups in total. The highest BCUT2D eigenvalue weighted by molar-refractivity contribution is 14.1. The lowest BCUT2D eigenvalue weighted by Crippen LogP contribution is -2.35. The molecule has 0 radical (unpaired) electrons. The van der Waals surface area contributed by atoms with Crippen molar-refractivity contribution >= 4 is 56.0 Å². The van der Waals surface area contributed by atoms with E-state index in [1.807, 2.05) is 24.3 Å². The lowest BCUT2D eigenvalue weighted by Gasteiger charge is -2.08. The van der Waals surface area contributed by atoms with Gasteiger partial charge in [0.2, 0.25) is 5.91 Å². The Balaban J connectivity index is 1.70. The van der Waals surface area contributed by atoms with E-state index in [1.165, 1.54) is 0 Å². The molecule has 0 saturated carbocycles. The Labute approximate surface area is 156 Å². The van der Waals surface area contributed by atoms with E-state index in [1.54, 1.807) is 24.3 Å². The highest BCUT2D eigenvalue weighted by Crippen LogP contribution is 2.14. The van der Waals surface area contributed by atoms with Crippen LogP contribution >= 0.6 is 38.5 Å². The first-order valence-corrected chi connectivity index (χ1v) is 8.60. The predicted octanol–water partition coefficient (Wildman–Crippen LogP) is 3.19. The van der Waals surface area contributed by atoms with Crippen molar-refractivity contribution in [1.82, 2.24) is 5.32 Å². The number of ether oxygens (including phenoxy) is 1. The zero-order valence-electron chi connectivity index (χ0n) is 12.0. The molecule has 0 atom stereocenters. The van der Waals surface area contributed by atoms with Crippen LogP contribution in [0.2, 0.25) is 0 Å². The smallest absolute Gasteiger partial charge is 0.258 e. The summed E-state index contributed by atoms with van der Waals surface area (Å²) < 4.78 is 7.35. The van der Waals surface area contributed by atoms with Gasteiger partial charge in [0.05, 0.1) is 6.54 Å². The molecule has 120 valence electrons. The Bertz CT molecular complexity index is 675. The molecule has 0 fully saturated rings. The number of rotatable bonds is 6. The number of hydrogen-bond acceptors (Lipinski definition) is 3. The molecule has 7 heteroatoms. The highest BCUT2D eigenvalue weighted by Gasteiger charge is 2.07. The summed E-state index contributed by atoms with van der Waals surface area (Å²) in [5.74, 6) is -0.0377. The molecule has 2 aromatic carbocycles. The summed E-state index contributed by atoms with van der Waals surface area (Å²) in [5.41, 5.74) is 0.669. The van der Waals surface area contributed by atoms with E-state index in [4.69, 9.17) is 4.74 Å². The van der Waals surface area contributed by atoms with Crippen LogP contribution in [0.5, 0.6) is 5.75 Å². The van der Waals surface area contributed by atoms with Gasteiger partial charge in [0.1, 0.15) is 5.75 Å². The summed E-state index contributed by atoms with van der Waals surface area (Å²) in [4.78, 5) is 23.4. The fourth-order valence-corrected chi connectivity index (χ4v) is 2.27. The molecule has 0 unspecified atom stereocenters. The molecule has 0 aromatic heterocycles. The fourth-order valence-electron chi connectivity index (χ4n) is 1.65. The summed E-state index contributed by atoms with van der Waals surface area (Å²) in [5, 5.41) is 5.20. The van der Waals surface area contributed by atoms with Crippen LogP contribution in [0.3, 0.4) is 0 Å². The largest absolute Gasteiger partial charge is 0.484 e. The third kappa shape index (κ3) is 6.57. The van der Waals surface area contributed by atoms with Gasteiger partial charge >= 0.3 is 0 Å². The van der Waals surface area contributed by atoms with Crippen molar-refractivity contribution in [2.45, 2.75) is 0 Å². The van der Waals surface area contributed by atoms with Gasteiger partial charge in [-0.05, 0) is 71.1 Å². The number of hydrogen-bond donors (Lipinski definition) is 2. The molecule has 0 aliphatic carbocycles. The molecule has 0 aliphatic heterocycles. The molecule has 0 aliphatic rings. The zero-order valence-corrected chi connectivity index (χ0v) is 15.8. The number of halogens is 2. The van der Waals surface area contributed by atoms with Crippen molar-refractivity contribution in [3.8, 4) is 5.75 Å². The van der Waals surface area contributed by atoms with Crippen molar-refractivity contribution < 1.29 is 14.3 Å². The number of benzene rings is 2. The molecule has 0 saturated heterocycles. The molecule has 2 amide bonds. The second-order valence-corrected chi connectivity index (χ2v) is 6.74. The summed E-state index contributed by atoms with van der Waals surface area (Å²) in [7, 11) is 0. The van der Waals surface area contributed by atoms with Crippen LogP contribution in [0.4, 0.5) is 5.69 Å². The van der Waals surface area contributed by atoms with Crippen molar-refractivity contribution in [2.75, 3.05) is 18.5 Å². The van der Waals surface area contributed by atoms with Gasteiger partial charge in [0, 0.05) is 13.7 Å². The monoisotopic (exact) mass is 488 g/mol. The number of anilines is 1. The summed E-state index contributed by atoms with van der Waals surface area (Å²) in [6.07, 6.45) is 0. The standard InChI is InChI=1S/C16H14BrIN2O3/c17-11-1-5-13(6-2-11)20-15(21)9-19-16(22)10-23-14-7-3-12(18)4-8-14/h1-8H,9-10H2,(H,19,22)(H,20,21). The minimum atomic E-state index is -0.352. The molecule has 23 heavy (non-hydrogen) atoms. The van der Waals surface area contributed by atoms with E-state index in [-0.39, 0.29) is 25.0 Å². The van der Waals surface area contributed by atoms with Crippen LogP contribution in [0.25, 0.3) is 0 Å². The van der Waals surface area contributed by atoms with Gasteiger partial charge in [-0.3, -0.25) is 9.59 Å². The number of amides is 2. The normalized spacial score (nSPS) is 10.0. The van der Waals surface area contributed by atoms with Gasteiger partial charge < -0.3 is 15.4 Å². The molecular formula is C16H14BrIN2O3. The number of carbonyl (C=O) groups excluding carboxylic acids is 2. The number of nitrogens with one attached hydrogen (secondary N) is 2. The van der Waals surface area contributed by atoms with E-state index < -0.39 is 0 Å². The second kappa shape index (κ2) is 8.88. The maximum absolute atomic E-state index is 11.7. The van der Waals surface area contributed by atoms with E-state index in [0.29, 0.717) is 11.4 Å². The predicted molar refractivity (Wildman–Crippen MR) is 100 cm³/mol. The van der Waals surface area contributed by atoms with E-state index in [2.05, 4.69) is 49.2 Å². The average Bonchev–Trinajstić information content (AvgIpc) is 2.54. The first-order chi connectivity index (χ1) is 11.0. The van der Waals surface area contributed by atoms with Gasteiger partial charge in [-0.25, -0.2) is 0 Å². The van der Waals surface area contributed by atoms with Gasteiger partial charge in [-0.2, -0.15) is 0 Å². The Kier molecular flexibility index (Phi) is 6.85. The Hall–Kier alpha value is -1.61.